The minimum atomic E-state index is -0.0227. The molecule has 22 heavy (non-hydrogen) atoms. The summed E-state index contributed by atoms with van der Waals surface area (Å²) >= 11 is 12.2. The Morgan fingerprint density at radius 3 is 2.41 bits per heavy atom. The smallest absolute Gasteiger partial charge is 0.246 e. The van der Waals surface area contributed by atoms with Crippen molar-refractivity contribution in [2.24, 2.45) is 0 Å². The van der Waals surface area contributed by atoms with Gasteiger partial charge in [-0.3, -0.25) is 4.79 Å². The topological polar surface area (TPSA) is 20.3 Å². The van der Waals surface area contributed by atoms with Crippen molar-refractivity contribution in [1.82, 2.24) is 4.90 Å². The van der Waals surface area contributed by atoms with Gasteiger partial charge in [0.15, 0.2) is 0 Å². The Bertz CT molecular complexity index is 719. The molecular formula is C18H15Cl2NO. The first-order chi connectivity index (χ1) is 10.6. The van der Waals surface area contributed by atoms with E-state index >= 15 is 0 Å². The number of carbonyl (C=O) groups is 1. The van der Waals surface area contributed by atoms with Crippen LogP contribution in [0.2, 0.25) is 10.0 Å². The van der Waals surface area contributed by atoms with Gasteiger partial charge in [0, 0.05) is 34.8 Å². The average Bonchev–Trinajstić information content (AvgIpc) is 2.53. The molecule has 0 bridgehead atoms. The van der Waals surface area contributed by atoms with Gasteiger partial charge < -0.3 is 4.90 Å². The molecule has 0 saturated carbocycles. The molecule has 0 atom stereocenters. The van der Waals surface area contributed by atoms with Crippen LogP contribution in [-0.4, -0.2) is 17.4 Å². The van der Waals surface area contributed by atoms with Crippen molar-refractivity contribution in [1.29, 1.82) is 0 Å². The maximum Gasteiger partial charge on any atom is 0.246 e. The second-order valence-electron chi connectivity index (χ2n) is 5.25. The number of nitrogens with zero attached hydrogens (tertiary/aromatic N) is 1. The number of carbonyl (C=O) groups excluding carboxylic acids is 1. The lowest BCUT2D eigenvalue weighted by atomic mass is 10.00. The van der Waals surface area contributed by atoms with Crippen LogP contribution >= 0.6 is 23.2 Å². The number of benzene rings is 2. The zero-order valence-electron chi connectivity index (χ0n) is 11.9. The summed E-state index contributed by atoms with van der Waals surface area (Å²) in [4.78, 5) is 14.2. The highest BCUT2D eigenvalue weighted by Crippen LogP contribution is 2.26. The third-order valence-corrected chi connectivity index (χ3v) is 4.49. The predicted molar refractivity (Wildman–Crippen MR) is 91.1 cm³/mol. The Balaban J connectivity index is 1.75. The molecule has 1 heterocycles. The summed E-state index contributed by atoms with van der Waals surface area (Å²) in [5, 5.41) is 1.08. The van der Waals surface area contributed by atoms with Crippen LogP contribution in [0.4, 0.5) is 0 Å². The van der Waals surface area contributed by atoms with Gasteiger partial charge in [-0.1, -0.05) is 53.5 Å². The molecule has 0 unspecified atom stereocenters. The summed E-state index contributed by atoms with van der Waals surface area (Å²) < 4.78 is 0. The Kier molecular flexibility index (Phi) is 4.51. The van der Waals surface area contributed by atoms with E-state index in [2.05, 4.69) is 12.1 Å². The van der Waals surface area contributed by atoms with Gasteiger partial charge in [-0.05, 0) is 35.8 Å². The van der Waals surface area contributed by atoms with E-state index in [9.17, 15) is 4.79 Å². The maximum atomic E-state index is 12.4. The van der Waals surface area contributed by atoms with Gasteiger partial charge in [0.1, 0.15) is 0 Å². The third kappa shape index (κ3) is 3.18. The molecule has 2 nitrogen and oxygen atoms in total. The Hall–Kier alpha value is -1.77. The van der Waals surface area contributed by atoms with E-state index in [-0.39, 0.29) is 5.91 Å². The number of hydrogen-bond donors (Lipinski definition) is 0. The summed E-state index contributed by atoms with van der Waals surface area (Å²) in [5.74, 6) is -0.0227. The monoisotopic (exact) mass is 331 g/mol. The fraction of sp³-hybridized carbons (Fsp3) is 0.167. The highest BCUT2D eigenvalue weighted by molar-refractivity contribution is 6.37. The number of fused-ring (bicyclic) bond motifs is 1. The largest absolute Gasteiger partial charge is 0.334 e. The fourth-order valence-corrected chi connectivity index (χ4v) is 3.14. The molecule has 2 aromatic rings. The maximum absolute atomic E-state index is 12.4. The first-order valence-corrected chi connectivity index (χ1v) is 7.88. The van der Waals surface area contributed by atoms with Crippen LogP contribution in [0.25, 0.3) is 6.08 Å². The minimum Gasteiger partial charge on any atom is -0.334 e. The number of amides is 1. The van der Waals surface area contributed by atoms with E-state index in [1.54, 1.807) is 30.4 Å². The third-order valence-electron chi connectivity index (χ3n) is 3.83. The van der Waals surface area contributed by atoms with E-state index < -0.39 is 0 Å². The molecule has 112 valence electrons. The first kappa shape index (κ1) is 15.1. The van der Waals surface area contributed by atoms with E-state index in [0.717, 1.165) is 13.0 Å². The molecule has 0 N–H and O–H groups in total. The van der Waals surface area contributed by atoms with Gasteiger partial charge in [0.2, 0.25) is 5.91 Å². The lowest BCUT2D eigenvalue weighted by Crippen LogP contribution is -2.34. The lowest BCUT2D eigenvalue weighted by Gasteiger charge is -2.27. The quantitative estimate of drug-likeness (QED) is 0.737. The van der Waals surface area contributed by atoms with Crippen LogP contribution in [0.15, 0.2) is 48.5 Å². The Labute approximate surface area is 140 Å². The van der Waals surface area contributed by atoms with E-state index in [1.165, 1.54) is 11.1 Å². The van der Waals surface area contributed by atoms with Gasteiger partial charge in [-0.25, -0.2) is 0 Å². The molecule has 1 aliphatic heterocycles. The van der Waals surface area contributed by atoms with Crippen molar-refractivity contribution < 1.29 is 4.79 Å². The average molecular weight is 332 g/mol. The van der Waals surface area contributed by atoms with E-state index in [0.29, 0.717) is 22.2 Å². The Morgan fingerprint density at radius 1 is 1.00 bits per heavy atom. The van der Waals surface area contributed by atoms with Crippen molar-refractivity contribution in [3.8, 4) is 0 Å². The molecule has 1 amide bonds. The Morgan fingerprint density at radius 2 is 1.68 bits per heavy atom. The molecule has 3 rings (SSSR count). The van der Waals surface area contributed by atoms with Crippen LogP contribution in [0, 0.1) is 0 Å². The molecule has 1 aliphatic rings. The fourth-order valence-electron chi connectivity index (χ4n) is 2.61. The summed E-state index contributed by atoms with van der Waals surface area (Å²) in [6.07, 6.45) is 4.12. The normalized spacial score (nSPS) is 14.2. The lowest BCUT2D eigenvalue weighted by molar-refractivity contribution is -0.126. The highest BCUT2D eigenvalue weighted by atomic mass is 35.5. The highest BCUT2D eigenvalue weighted by Gasteiger charge is 2.18. The van der Waals surface area contributed by atoms with E-state index in [1.807, 2.05) is 17.0 Å². The molecule has 0 saturated heterocycles. The van der Waals surface area contributed by atoms with Gasteiger partial charge in [-0.2, -0.15) is 0 Å². The van der Waals surface area contributed by atoms with Gasteiger partial charge in [0.25, 0.3) is 0 Å². The number of rotatable bonds is 2. The summed E-state index contributed by atoms with van der Waals surface area (Å²) in [7, 11) is 0. The van der Waals surface area contributed by atoms with Crippen LogP contribution < -0.4 is 0 Å². The molecule has 0 aliphatic carbocycles. The van der Waals surface area contributed by atoms with E-state index in [4.69, 9.17) is 23.2 Å². The second-order valence-corrected chi connectivity index (χ2v) is 6.06. The van der Waals surface area contributed by atoms with Crippen molar-refractivity contribution in [2.75, 3.05) is 6.54 Å². The van der Waals surface area contributed by atoms with Gasteiger partial charge in [0.05, 0.1) is 0 Å². The standard InChI is InChI=1S/C18H15Cl2NO/c19-16-6-3-7-17(20)15(16)8-9-18(22)21-11-10-13-4-1-2-5-14(13)12-21/h1-9H,10-12H2. The van der Waals surface area contributed by atoms with Crippen LogP contribution in [0.5, 0.6) is 0 Å². The minimum absolute atomic E-state index is 0.0227. The first-order valence-electron chi connectivity index (χ1n) is 7.13. The van der Waals surface area contributed by atoms with Crippen LogP contribution in [0.3, 0.4) is 0 Å². The number of hydrogen-bond acceptors (Lipinski definition) is 1. The van der Waals surface area contributed by atoms with Crippen LogP contribution in [-0.2, 0) is 17.8 Å². The van der Waals surface area contributed by atoms with Crippen molar-refractivity contribution in [3.05, 3.63) is 75.3 Å². The molecule has 4 heteroatoms. The van der Waals surface area contributed by atoms with Crippen molar-refractivity contribution in [3.63, 3.8) is 0 Å². The molecule has 0 radical (unpaired) electrons. The summed E-state index contributed by atoms with van der Waals surface area (Å²) in [6, 6.07) is 13.5. The zero-order valence-corrected chi connectivity index (χ0v) is 13.4. The number of halogens is 2. The SMILES string of the molecule is O=C(C=Cc1c(Cl)cccc1Cl)N1CCc2ccccc2C1. The van der Waals surface area contributed by atoms with Crippen molar-refractivity contribution >= 4 is 35.2 Å². The van der Waals surface area contributed by atoms with Gasteiger partial charge in [-0.15, -0.1) is 0 Å². The molecular weight excluding hydrogens is 317 g/mol. The molecule has 0 spiro atoms. The second kappa shape index (κ2) is 6.55. The zero-order chi connectivity index (χ0) is 15.5. The summed E-state index contributed by atoms with van der Waals surface area (Å²) in [5.41, 5.74) is 3.22. The van der Waals surface area contributed by atoms with Gasteiger partial charge >= 0.3 is 0 Å². The predicted octanol–water partition coefficient (Wildman–Crippen LogP) is 4.59. The molecule has 2 aromatic carbocycles. The van der Waals surface area contributed by atoms with Crippen molar-refractivity contribution in [2.45, 2.75) is 13.0 Å². The molecule has 0 fully saturated rings. The van der Waals surface area contributed by atoms with Crippen LogP contribution in [0.1, 0.15) is 16.7 Å². The summed E-state index contributed by atoms with van der Waals surface area (Å²) in [6.45, 7) is 1.38. The molecule has 0 aromatic heterocycles.